The van der Waals surface area contributed by atoms with Gasteiger partial charge in [0.2, 0.25) is 0 Å². The molecule has 0 aromatic heterocycles. The van der Waals surface area contributed by atoms with Crippen LogP contribution in [0, 0.1) is 17.6 Å². The molecule has 23 heavy (non-hydrogen) atoms. The number of carboxylic acid groups (broad SMARTS) is 1. The molecule has 0 radical (unpaired) electrons. The first kappa shape index (κ1) is 17.0. The molecular formula is C15H18F2N2O4. The van der Waals surface area contributed by atoms with Crippen molar-refractivity contribution in [1.29, 1.82) is 0 Å². The molecule has 1 aliphatic carbocycles. The number of anilines is 1. The van der Waals surface area contributed by atoms with Gasteiger partial charge in [0.1, 0.15) is 0 Å². The Kier molecular flexibility index (Phi) is 5.36. The molecule has 0 unspecified atom stereocenters. The zero-order valence-electron chi connectivity index (χ0n) is 12.6. The number of methoxy groups -OCH3 is 1. The average Bonchev–Trinajstić information content (AvgIpc) is 2.51. The summed E-state index contributed by atoms with van der Waals surface area (Å²) in [6, 6.07) is 0.849. The predicted molar refractivity (Wildman–Crippen MR) is 78.4 cm³/mol. The van der Waals surface area contributed by atoms with Crippen LogP contribution in [0.1, 0.15) is 25.7 Å². The van der Waals surface area contributed by atoms with E-state index >= 15 is 0 Å². The normalized spacial score (nSPS) is 20.7. The van der Waals surface area contributed by atoms with Gasteiger partial charge in [-0.15, -0.1) is 0 Å². The van der Waals surface area contributed by atoms with Crippen molar-refractivity contribution in [3.05, 3.63) is 23.8 Å². The van der Waals surface area contributed by atoms with E-state index in [0.29, 0.717) is 25.7 Å². The van der Waals surface area contributed by atoms with Crippen LogP contribution in [-0.4, -0.2) is 30.3 Å². The van der Waals surface area contributed by atoms with Gasteiger partial charge in [-0.1, -0.05) is 0 Å². The lowest BCUT2D eigenvalue weighted by molar-refractivity contribution is -0.142. The number of nitrogens with one attached hydrogen (secondary N) is 2. The molecule has 2 amide bonds. The average molecular weight is 328 g/mol. The summed E-state index contributed by atoms with van der Waals surface area (Å²) in [5, 5.41) is 13.8. The number of aliphatic carboxylic acids is 1. The third-order valence-electron chi connectivity index (χ3n) is 3.90. The van der Waals surface area contributed by atoms with E-state index in [1.807, 2.05) is 0 Å². The summed E-state index contributed by atoms with van der Waals surface area (Å²) >= 11 is 0. The molecule has 2 rings (SSSR count). The maximum Gasteiger partial charge on any atom is 0.319 e. The molecule has 1 aromatic rings. The molecule has 1 saturated carbocycles. The van der Waals surface area contributed by atoms with E-state index in [4.69, 9.17) is 5.11 Å². The third kappa shape index (κ3) is 4.30. The van der Waals surface area contributed by atoms with Gasteiger partial charge in [0.15, 0.2) is 17.4 Å². The van der Waals surface area contributed by atoms with Crippen LogP contribution in [0.25, 0.3) is 0 Å². The van der Waals surface area contributed by atoms with E-state index in [1.54, 1.807) is 0 Å². The van der Waals surface area contributed by atoms with Gasteiger partial charge >= 0.3 is 12.0 Å². The van der Waals surface area contributed by atoms with E-state index in [9.17, 15) is 18.4 Å². The highest BCUT2D eigenvalue weighted by Gasteiger charge is 2.26. The van der Waals surface area contributed by atoms with Gasteiger partial charge in [0.05, 0.1) is 18.7 Å². The molecule has 0 heterocycles. The predicted octanol–water partition coefficient (Wildman–Crippen LogP) is 2.74. The SMILES string of the molecule is COc1cc(F)c(NC(=O)NC2CCC(C(=O)O)CC2)cc1F. The fourth-order valence-electron chi connectivity index (χ4n) is 2.61. The van der Waals surface area contributed by atoms with E-state index in [0.717, 1.165) is 12.1 Å². The standard InChI is InChI=1S/C15H18F2N2O4/c1-23-13-7-10(16)12(6-11(13)17)19-15(22)18-9-4-2-8(3-5-9)14(20)21/h6-9H,2-5H2,1H3,(H,20,21)(H2,18,19,22). The Balaban J connectivity index is 1.91. The first-order chi connectivity index (χ1) is 10.9. The maximum absolute atomic E-state index is 13.7. The number of carbonyl (C=O) groups excluding carboxylic acids is 1. The van der Waals surface area contributed by atoms with Crippen molar-refractivity contribution >= 4 is 17.7 Å². The summed E-state index contributed by atoms with van der Waals surface area (Å²) in [6.45, 7) is 0. The van der Waals surface area contributed by atoms with Crippen molar-refractivity contribution in [2.24, 2.45) is 5.92 Å². The quantitative estimate of drug-likeness (QED) is 0.793. The number of rotatable bonds is 4. The molecular weight excluding hydrogens is 310 g/mol. The van der Waals surface area contributed by atoms with Gasteiger partial charge in [0.25, 0.3) is 0 Å². The Morgan fingerprint density at radius 3 is 2.39 bits per heavy atom. The van der Waals surface area contributed by atoms with Crippen LogP contribution in [0.4, 0.5) is 19.3 Å². The lowest BCUT2D eigenvalue weighted by atomic mass is 9.86. The van der Waals surface area contributed by atoms with Crippen LogP contribution < -0.4 is 15.4 Å². The Hall–Kier alpha value is -2.38. The van der Waals surface area contributed by atoms with Crippen molar-refractivity contribution < 1.29 is 28.2 Å². The Morgan fingerprint density at radius 2 is 1.83 bits per heavy atom. The number of carbonyl (C=O) groups is 2. The summed E-state index contributed by atoms with van der Waals surface area (Å²) in [4.78, 5) is 22.7. The molecule has 0 aliphatic heterocycles. The molecule has 0 spiro atoms. The van der Waals surface area contributed by atoms with Crippen LogP contribution in [0.2, 0.25) is 0 Å². The van der Waals surface area contributed by atoms with Crippen LogP contribution >= 0.6 is 0 Å². The van der Waals surface area contributed by atoms with Crippen molar-refractivity contribution in [2.75, 3.05) is 12.4 Å². The molecule has 1 aromatic carbocycles. The molecule has 6 nitrogen and oxygen atoms in total. The second kappa shape index (κ2) is 7.26. The number of benzene rings is 1. The first-order valence-electron chi connectivity index (χ1n) is 7.24. The zero-order chi connectivity index (χ0) is 17.0. The zero-order valence-corrected chi connectivity index (χ0v) is 12.6. The molecule has 126 valence electrons. The highest BCUT2D eigenvalue weighted by molar-refractivity contribution is 5.89. The van der Waals surface area contributed by atoms with Gasteiger partial charge in [-0.3, -0.25) is 4.79 Å². The van der Waals surface area contributed by atoms with Crippen molar-refractivity contribution in [1.82, 2.24) is 5.32 Å². The minimum Gasteiger partial charge on any atom is -0.494 e. The van der Waals surface area contributed by atoms with Crippen molar-refractivity contribution in [3.63, 3.8) is 0 Å². The van der Waals surface area contributed by atoms with Gasteiger partial charge in [-0.2, -0.15) is 0 Å². The number of hydrogen-bond acceptors (Lipinski definition) is 3. The van der Waals surface area contributed by atoms with Crippen LogP contribution in [0.5, 0.6) is 5.75 Å². The summed E-state index contributed by atoms with van der Waals surface area (Å²) in [5.41, 5.74) is -0.292. The molecule has 0 atom stereocenters. The Morgan fingerprint density at radius 1 is 1.17 bits per heavy atom. The van der Waals surface area contributed by atoms with Gasteiger partial charge in [-0.05, 0) is 25.7 Å². The summed E-state index contributed by atoms with van der Waals surface area (Å²) in [5.74, 6) is -3.06. The van der Waals surface area contributed by atoms with Crippen molar-refractivity contribution in [3.8, 4) is 5.75 Å². The Labute approximate surface area is 131 Å². The minimum atomic E-state index is -0.830. The lowest BCUT2D eigenvalue weighted by Crippen LogP contribution is -2.41. The smallest absolute Gasteiger partial charge is 0.319 e. The fraction of sp³-hybridized carbons (Fsp3) is 0.467. The molecule has 8 heteroatoms. The number of carboxylic acids is 1. The number of urea groups is 1. The fourth-order valence-corrected chi connectivity index (χ4v) is 2.61. The number of halogens is 2. The monoisotopic (exact) mass is 328 g/mol. The van der Waals surface area contributed by atoms with Crippen LogP contribution in [0.15, 0.2) is 12.1 Å². The number of amides is 2. The number of hydrogen-bond donors (Lipinski definition) is 3. The maximum atomic E-state index is 13.7. The molecule has 0 saturated heterocycles. The first-order valence-corrected chi connectivity index (χ1v) is 7.24. The summed E-state index contributed by atoms with van der Waals surface area (Å²) in [6.07, 6.45) is 2.02. The summed E-state index contributed by atoms with van der Waals surface area (Å²) in [7, 11) is 1.21. The Bertz CT molecular complexity index is 601. The molecule has 3 N–H and O–H groups in total. The molecule has 0 bridgehead atoms. The minimum absolute atomic E-state index is 0.184. The van der Waals surface area contributed by atoms with Crippen LogP contribution in [0.3, 0.4) is 0 Å². The number of ether oxygens (including phenoxy) is 1. The summed E-state index contributed by atoms with van der Waals surface area (Å²) < 4.78 is 31.9. The van der Waals surface area contributed by atoms with Gasteiger partial charge in [0, 0.05) is 18.2 Å². The van der Waals surface area contributed by atoms with Crippen molar-refractivity contribution in [2.45, 2.75) is 31.7 Å². The topological polar surface area (TPSA) is 87.7 Å². The van der Waals surface area contributed by atoms with E-state index in [1.165, 1.54) is 7.11 Å². The second-order valence-electron chi connectivity index (χ2n) is 5.45. The van der Waals surface area contributed by atoms with Gasteiger partial charge in [-0.25, -0.2) is 13.6 Å². The van der Waals surface area contributed by atoms with E-state index < -0.39 is 23.6 Å². The molecule has 1 aliphatic rings. The third-order valence-corrected chi connectivity index (χ3v) is 3.90. The second-order valence-corrected chi connectivity index (χ2v) is 5.45. The highest BCUT2D eigenvalue weighted by atomic mass is 19.1. The highest BCUT2D eigenvalue weighted by Crippen LogP contribution is 2.26. The lowest BCUT2D eigenvalue weighted by Gasteiger charge is -2.26. The van der Waals surface area contributed by atoms with E-state index in [2.05, 4.69) is 15.4 Å². The molecule has 1 fully saturated rings. The van der Waals surface area contributed by atoms with Crippen LogP contribution in [-0.2, 0) is 4.79 Å². The largest absolute Gasteiger partial charge is 0.494 e. The van der Waals surface area contributed by atoms with E-state index in [-0.39, 0.29) is 23.4 Å². The van der Waals surface area contributed by atoms with Gasteiger partial charge < -0.3 is 20.5 Å².